The highest BCUT2D eigenvalue weighted by Crippen LogP contribution is 2.41. The first-order valence-electron chi connectivity index (χ1n) is 11.9. The monoisotopic (exact) mass is 472 g/mol. The number of likely N-dealkylation sites (tertiary alicyclic amines) is 1. The molecule has 4 fully saturated rings. The molecule has 0 spiro atoms. The molecular formula is C22H31F3N4O4. The van der Waals surface area contributed by atoms with Crippen molar-refractivity contribution in [1.82, 2.24) is 20.9 Å². The molecule has 2 heterocycles. The van der Waals surface area contributed by atoms with Gasteiger partial charge in [-0.3, -0.25) is 19.7 Å². The van der Waals surface area contributed by atoms with Gasteiger partial charge in [-0.15, -0.1) is 0 Å². The predicted molar refractivity (Wildman–Crippen MR) is 111 cm³/mol. The van der Waals surface area contributed by atoms with Crippen LogP contribution < -0.4 is 16.0 Å². The van der Waals surface area contributed by atoms with Crippen molar-refractivity contribution in [3.8, 4) is 0 Å². The zero-order chi connectivity index (χ0) is 23.8. The van der Waals surface area contributed by atoms with Crippen molar-refractivity contribution in [3.05, 3.63) is 0 Å². The van der Waals surface area contributed by atoms with Gasteiger partial charge in [-0.25, -0.2) is 4.79 Å². The van der Waals surface area contributed by atoms with Gasteiger partial charge in [0.2, 0.25) is 17.7 Å². The number of urea groups is 1. The van der Waals surface area contributed by atoms with Gasteiger partial charge in [0.25, 0.3) is 0 Å². The highest BCUT2D eigenvalue weighted by atomic mass is 19.4. The van der Waals surface area contributed by atoms with Gasteiger partial charge in [-0.05, 0) is 56.8 Å². The zero-order valence-electron chi connectivity index (χ0n) is 18.5. The molecule has 6 atom stereocenters. The Morgan fingerprint density at radius 3 is 2.58 bits per heavy atom. The average Bonchev–Trinajstić information content (AvgIpc) is 3.08. The number of hydrogen-bond donors (Lipinski definition) is 3. The molecule has 5 amide bonds. The van der Waals surface area contributed by atoms with E-state index in [0.717, 1.165) is 12.8 Å². The Kier molecular flexibility index (Phi) is 6.86. The third kappa shape index (κ3) is 5.43. The fraction of sp³-hybridized carbons (Fsp3) is 0.818. The third-order valence-electron chi connectivity index (χ3n) is 7.74. The lowest BCUT2D eigenvalue weighted by atomic mass is 9.75. The summed E-state index contributed by atoms with van der Waals surface area (Å²) < 4.78 is 38.9. The maximum absolute atomic E-state index is 13.0. The van der Waals surface area contributed by atoms with Crippen LogP contribution in [0.15, 0.2) is 0 Å². The maximum atomic E-state index is 13.0. The van der Waals surface area contributed by atoms with Crippen LogP contribution in [0.1, 0.15) is 57.8 Å². The van der Waals surface area contributed by atoms with Crippen LogP contribution in [0.2, 0.25) is 0 Å². The predicted octanol–water partition coefficient (Wildman–Crippen LogP) is 2.09. The summed E-state index contributed by atoms with van der Waals surface area (Å²) in [6.07, 6.45) is -0.421. The van der Waals surface area contributed by atoms with Crippen molar-refractivity contribution in [2.75, 3.05) is 13.1 Å². The van der Waals surface area contributed by atoms with Crippen molar-refractivity contribution in [2.45, 2.75) is 76.0 Å². The van der Waals surface area contributed by atoms with Crippen LogP contribution in [0.3, 0.4) is 0 Å². The summed E-state index contributed by atoms with van der Waals surface area (Å²) in [4.78, 5) is 50.5. The Bertz CT molecular complexity index is 805. The molecule has 8 nitrogen and oxygen atoms in total. The number of carbonyl (C=O) groups is 4. The Balaban J connectivity index is 1.24. The van der Waals surface area contributed by atoms with Crippen molar-refractivity contribution < 1.29 is 32.3 Å². The first kappa shape index (κ1) is 23.8. The molecule has 2 aliphatic heterocycles. The van der Waals surface area contributed by atoms with E-state index in [1.807, 2.05) is 0 Å². The molecule has 4 rings (SSSR count). The van der Waals surface area contributed by atoms with E-state index >= 15 is 0 Å². The molecule has 2 aliphatic carbocycles. The Morgan fingerprint density at radius 1 is 1.06 bits per heavy atom. The minimum absolute atomic E-state index is 0.0657. The number of rotatable bonds is 4. The fourth-order valence-corrected chi connectivity index (χ4v) is 5.93. The molecule has 0 aromatic carbocycles. The van der Waals surface area contributed by atoms with Crippen LogP contribution in [-0.2, 0) is 14.4 Å². The molecule has 3 N–H and O–H groups in total. The van der Waals surface area contributed by atoms with Gasteiger partial charge < -0.3 is 15.5 Å². The van der Waals surface area contributed by atoms with Gasteiger partial charge in [0, 0.05) is 31.5 Å². The van der Waals surface area contributed by atoms with E-state index in [0.29, 0.717) is 38.8 Å². The SMILES string of the molecule is O=C1CCC(N2CC3CCC(CNC(=O)NC4CCCC(C(F)(F)F)C4)CC3C2=O)C(=O)N1. The topological polar surface area (TPSA) is 108 Å². The number of halogens is 3. The second kappa shape index (κ2) is 9.50. The second-order valence-corrected chi connectivity index (χ2v) is 9.96. The van der Waals surface area contributed by atoms with Gasteiger partial charge in [0.1, 0.15) is 6.04 Å². The van der Waals surface area contributed by atoms with Gasteiger partial charge in [0.05, 0.1) is 5.92 Å². The smallest absolute Gasteiger partial charge is 0.338 e. The summed E-state index contributed by atoms with van der Waals surface area (Å²) in [5, 5.41) is 7.76. The van der Waals surface area contributed by atoms with Crippen LogP contribution >= 0.6 is 0 Å². The lowest BCUT2D eigenvalue weighted by Gasteiger charge is -2.32. The molecule has 4 aliphatic rings. The summed E-state index contributed by atoms with van der Waals surface area (Å²) in [6, 6.07) is -1.55. The van der Waals surface area contributed by atoms with Crippen LogP contribution in [0.5, 0.6) is 0 Å². The number of nitrogens with zero attached hydrogens (tertiary/aromatic N) is 1. The molecule has 0 aromatic heterocycles. The summed E-state index contributed by atoms with van der Waals surface area (Å²) in [5.41, 5.74) is 0. The lowest BCUT2D eigenvalue weighted by molar-refractivity contribution is -0.183. The largest absolute Gasteiger partial charge is 0.391 e. The van der Waals surface area contributed by atoms with Crippen molar-refractivity contribution in [2.24, 2.45) is 23.7 Å². The standard InChI is InChI=1S/C22H31F3N4O4/c23-22(24,25)14-2-1-3-15(9-14)27-21(33)26-10-12-4-5-13-11-29(20(32)16(13)8-12)17-6-7-18(30)28-19(17)31/h12-17H,1-11H2,(H2,26,27,33)(H,28,30,31). The van der Waals surface area contributed by atoms with Crippen LogP contribution in [0.4, 0.5) is 18.0 Å². The van der Waals surface area contributed by atoms with Gasteiger partial charge >= 0.3 is 12.2 Å². The van der Waals surface area contributed by atoms with E-state index in [9.17, 15) is 32.3 Å². The number of imide groups is 1. The molecule has 184 valence electrons. The highest BCUT2D eigenvalue weighted by Gasteiger charge is 2.48. The molecule has 11 heteroatoms. The van der Waals surface area contributed by atoms with Crippen molar-refractivity contribution in [1.29, 1.82) is 0 Å². The van der Waals surface area contributed by atoms with Gasteiger partial charge in [0.15, 0.2) is 0 Å². The molecule has 6 unspecified atom stereocenters. The van der Waals surface area contributed by atoms with Crippen molar-refractivity contribution >= 4 is 23.8 Å². The molecule has 2 saturated heterocycles. The normalized spacial score (nSPS) is 35.1. The molecule has 0 aromatic rings. The second-order valence-electron chi connectivity index (χ2n) is 9.96. The highest BCUT2D eigenvalue weighted by molar-refractivity contribution is 6.02. The minimum Gasteiger partial charge on any atom is -0.338 e. The Labute approximate surface area is 190 Å². The maximum Gasteiger partial charge on any atom is 0.391 e. The van der Waals surface area contributed by atoms with Gasteiger partial charge in [-0.2, -0.15) is 13.2 Å². The van der Waals surface area contributed by atoms with E-state index < -0.39 is 36.1 Å². The van der Waals surface area contributed by atoms with E-state index in [1.54, 1.807) is 4.90 Å². The number of fused-ring (bicyclic) bond motifs is 1. The molecule has 33 heavy (non-hydrogen) atoms. The fourth-order valence-electron chi connectivity index (χ4n) is 5.93. The molecule has 0 radical (unpaired) electrons. The Hall–Kier alpha value is -2.33. The third-order valence-corrected chi connectivity index (χ3v) is 7.74. The number of alkyl halides is 3. The van der Waals surface area contributed by atoms with Crippen LogP contribution in [0.25, 0.3) is 0 Å². The number of amides is 5. The van der Waals surface area contributed by atoms with Crippen molar-refractivity contribution in [3.63, 3.8) is 0 Å². The zero-order valence-corrected chi connectivity index (χ0v) is 18.5. The quantitative estimate of drug-likeness (QED) is 0.545. The number of piperidine rings is 1. The molecule has 2 saturated carbocycles. The minimum atomic E-state index is -4.23. The van der Waals surface area contributed by atoms with E-state index in [4.69, 9.17) is 0 Å². The van der Waals surface area contributed by atoms with E-state index in [2.05, 4.69) is 16.0 Å². The number of hydrogen-bond acceptors (Lipinski definition) is 4. The first-order valence-corrected chi connectivity index (χ1v) is 11.9. The molecule has 0 bridgehead atoms. The van der Waals surface area contributed by atoms with E-state index in [1.165, 1.54) is 0 Å². The Morgan fingerprint density at radius 2 is 1.85 bits per heavy atom. The first-order chi connectivity index (χ1) is 15.6. The summed E-state index contributed by atoms with van der Waals surface area (Å²) >= 11 is 0. The van der Waals surface area contributed by atoms with Crippen LogP contribution in [-0.4, -0.2) is 60.0 Å². The number of nitrogens with one attached hydrogen (secondary N) is 3. The summed E-state index contributed by atoms with van der Waals surface area (Å²) in [5.74, 6) is -2.11. The summed E-state index contributed by atoms with van der Waals surface area (Å²) in [6.45, 7) is 0.870. The van der Waals surface area contributed by atoms with E-state index in [-0.39, 0.29) is 48.8 Å². The average molecular weight is 473 g/mol. The number of carbonyl (C=O) groups excluding carboxylic acids is 4. The van der Waals surface area contributed by atoms with Crippen LogP contribution in [0, 0.1) is 23.7 Å². The van der Waals surface area contributed by atoms with Gasteiger partial charge in [-0.1, -0.05) is 6.42 Å². The lowest BCUT2D eigenvalue weighted by Crippen LogP contribution is -2.53. The summed E-state index contributed by atoms with van der Waals surface area (Å²) in [7, 11) is 0. The molecular weight excluding hydrogens is 441 g/mol.